The summed E-state index contributed by atoms with van der Waals surface area (Å²) in [6, 6.07) is 3.64. The van der Waals surface area contributed by atoms with Crippen LogP contribution in [-0.2, 0) is 29.8 Å². The van der Waals surface area contributed by atoms with E-state index in [0.717, 1.165) is 0 Å². The van der Waals surface area contributed by atoms with Gasteiger partial charge in [-0.15, -0.1) is 0 Å². The third-order valence-corrected chi connectivity index (χ3v) is 11.0. The zero-order valence-electron chi connectivity index (χ0n) is 27.3. The van der Waals surface area contributed by atoms with Crippen molar-refractivity contribution in [1.82, 2.24) is 0 Å². The van der Waals surface area contributed by atoms with Crippen molar-refractivity contribution in [3.63, 3.8) is 0 Å². The molecule has 9 N–H and O–H groups in total. The van der Waals surface area contributed by atoms with Gasteiger partial charge in [-0.25, -0.2) is 0 Å². The van der Waals surface area contributed by atoms with E-state index in [-0.39, 0.29) is 93.5 Å². The van der Waals surface area contributed by atoms with E-state index in [2.05, 4.69) is 0 Å². The maximum Gasteiger partial charge on any atom is 1.00 e. The van der Waals surface area contributed by atoms with Gasteiger partial charge in [0, 0.05) is 42.0 Å². The summed E-state index contributed by atoms with van der Waals surface area (Å²) in [5, 5.41) is 53.7. The Hall–Kier alpha value is -1.09. The Kier molecular flexibility index (Phi) is 15.3. The van der Waals surface area contributed by atoms with Crippen LogP contribution >= 0.6 is 15.2 Å². The van der Waals surface area contributed by atoms with E-state index in [9.17, 15) is 58.8 Å². The minimum Gasteiger partial charge on any atom is -0.778 e. The van der Waals surface area contributed by atoms with Gasteiger partial charge in [0.05, 0.1) is 48.0 Å². The molecule has 1 fully saturated rings. The zero-order valence-corrected chi connectivity index (χ0v) is 33.1. The Labute approximate surface area is 328 Å². The summed E-state index contributed by atoms with van der Waals surface area (Å²) in [5.74, 6) is -5.37. The van der Waals surface area contributed by atoms with Crippen molar-refractivity contribution < 1.29 is 142 Å². The number of phenols is 2. The van der Waals surface area contributed by atoms with Crippen LogP contribution in [0, 0.1) is 0 Å². The number of hydrogen-bond donors (Lipinski definition) is 8. The molecule has 0 bridgehead atoms. The standard InChI is InChI=1S/C27H29NO11.CH6O6P2.2Na/c1-10-22(31)13(28)6-17(38-10)39-15-8-27(36,16(30)9-29)7-12-19(15)26(35)21-20(24(12)33)23(32)11-4-3-5-14(37-2)18(11)25(21)34;2-8(3,4)1-9(5,6)7;;/h3-5,10,13,15,17,22,29,31,33,35-36H,6-9,28H2,1-2H3;1H2,(H2,2,3,4)(H2,5,6,7);;/q;;2*+1/p-2/t10-,13-,15-,17-,22+,27-;;;/m0.../s1. The molecule has 0 aromatic heterocycles. The number of carbonyl (C=O) groups is 3. The molecule has 2 unspecified atom stereocenters. The first-order valence-corrected chi connectivity index (χ1v) is 17.7. The maximum absolute atomic E-state index is 13.6. The largest absolute Gasteiger partial charge is 1.00 e. The number of rotatable bonds is 7. The summed E-state index contributed by atoms with van der Waals surface area (Å²) < 4.78 is 36.4. The van der Waals surface area contributed by atoms with E-state index < -0.39 is 117 Å². The molecule has 18 nitrogen and oxygen atoms in total. The Bertz CT molecular complexity index is 1710. The van der Waals surface area contributed by atoms with E-state index in [4.69, 9.17) is 29.7 Å². The number of aliphatic hydroxyl groups excluding tert-OH is 2. The summed E-state index contributed by atoms with van der Waals surface area (Å²) in [7, 11) is -8.40. The number of ether oxygens (including phenoxy) is 3. The van der Waals surface area contributed by atoms with Crippen molar-refractivity contribution in [3.05, 3.63) is 51.6 Å². The molecule has 2 aromatic carbocycles. The summed E-state index contributed by atoms with van der Waals surface area (Å²) in [6.07, 6.45) is -5.12. The molecule has 2 aromatic rings. The molecular weight excluding hydrogens is 730 g/mol. The smallest absolute Gasteiger partial charge is 0.778 e. The third kappa shape index (κ3) is 9.34. The number of aromatic hydroxyl groups is 2. The Morgan fingerprint density at radius 1 is 1.06 bits per heavy atom. The predicted molar refractivity (Wildman–Crippen MR) is 156 cm³/mol. The summed E-state index contributed by atoms with van der Waals surface area (Å²) in [5.41, 5.74) is 2.37. The molecule has 0 spiro atoms. The SMILES string of the molecule is COc1cccc2c1C(=O)c1c(O)c3c(c(O)c1C2=O)C[C@@](O)(C(=O)CO)C[C@@H]3O[C@H]1C[C@H](N)[C@H](O)[C@H](C)O1.O=P([O-])(O)CP(=O)([O-])O.[Na+].[Na+]. The number of aliphatic hydroxyl groups is 3. The van der Waals surface area contributed by atoms with Crippen LogP contribution in [0.25, 0.3) is 0 Å². The van der Waals surface area contributed by atoms with E-state index in [1.807, 2.05) is 0 Å². The van der Waals surface area contributed by atoms with Crippen LogP contribution in [0.5, 0.6) is 17.2 Å². The summed E-state index contributed by atoms with van der Waals surface area (Å²) in [6.45, 7) is 0.560. The molecule has 5 rings (SSSR count). The van der Waals surface area contributed by atoms with Crippen molar-refractivity contribution in [3.8, 4) is 17.2 Å². The minimum atomic E-state index is -4.86. The van der Waals surface area contributed by atoms with Gasteiger partial charge in [0.2, 0.25) is 5.78 Å². The number of nitrogens with two attached hydrogens (primary N) is 1. The van der Waals surface area contributed by atoms with Crippen LogP contribution in [0.2, 0.25) is 0 Å². The van der Waals surface area contributed by atoms with E-state index in [1.165, 1.54) is 25.3 Å². The molecule has 3 aliphatic rings. The first-order chi connectivity index (χ1) is 22.1. The quantitative estimate of drug-likeness (QED) is 0.0629. The van der Waals surface area contributed by atoms with Gasteiger partial charge in [-0.2, -0.15) is 0 Å². The molecule has 1 heterocycles. The Morgan fingerprint density at radius 2 is 1.64 bits per heavy atom. The maximum atomic E-state index is 13.6. The van der Waals surface area contributed by atoms with Crippen LogP contribution in [0.15, 0.2) is 18.2 Å². The van der Waals surface area contributed by atoms with Gasteiger partial charge < -0.3 is 74.2 Å². The van der Waals surface area contributed by atoms with Gasteiger partial charge in [-0.1, -0.05) is 12.1 Å². The van der Waals surface area contributed by atoms with Gasteiger partial charge in [0.1, 0.15) is 44.6 Å². The number of fused-ring (bicyclic) bond motifs is 3. The summed E-state index contributed by atoms with van der Waals surface area (Å²) in [4.78, 5) is 74.8. The molecule has 1 saturated heterocycles. The number of benzene rings is 2. The fourth-order valence-electron chi connectivity index (χ4n) is 5.98. The number of phenolic OH excluding ortho intramolecular Hbond substituents is 2. The van der Waals surface area contributed by atoms with Crippen LogP contribution < -0.4 is 79.4 Å². The average Bonchev–Trinajstić information content (AvgIpc) is 2.97. The van der Waals surface area contributed by atoms with E-state index >= 15 is 0 Å². The molecule has 0 radical (unpaired) electrons. The second-order valence-electron chi connectivity index (χ2n) is 11.6. The molecule has 1 aliphatic heterocycles. The van der Waals surface area contributed by atoms with Crippen molar-refractivity contribution in [1.29, 1.82) is 0 Å². The van der Waals surface area contributed by atoms with E-state index in [0.29, 0.717) is 0 Å². The number of ketones is 3. The van der Waals surface area contributed by atoms with Crippen LogP contribution in [0.3, 0.4) is 0 Å². The van der Waals surface area contributed by atoms with Gasteiger partial charge in [0.15, 0.2) is 17.9 Å². The fraction of sp³-hybridized carbons (Fsp3) is 0.464. The normalized spacial score (nSPS) is 27.7. The Morgan fingerprint density at radius 3 is 2.14 bits per heavy atom. The second-order valence-corrected chi connectivity index (χ2v) is 15.3. The second kappa shape index (κ2) is 16.9. The van der Waals surface area contributed by atoms with Gasteiger partial charge in [-0.05, 0) is 13.0 Å². The summed E-state index contributed by atoms with van der Waals surface area (Å²) >= 11 is 0. The number of carbonyl (C=O) groups excluding carboxylic acids is 3. The minimum absolute atomic E-state index is 0. The van der Waals surface area contributed by atoms with Gasteiger partial charge in [-0.3, -0.25) is 14.4 Å². The monoisotopic (exact) mass is 763 g/mol. The molecular formula is C28H33NNa2O17P2. The molecule has 22 heteroatoms. The van der Waals surface area contributed by atoms with Crippen molar-refractivity contribution >= 4 is 32.5 Å². The van der Waals surface area contributed by atoms with Gasteiger partial charge >= 0.3 is 59.1 Å². The van der Waals surface area contributed by atoms with Crippen LogP contribution in [-0.4, -0.2) is 102 Å². The average molecular weight is 763 g/mol. The molecule has 8 atom stereocenters. The third-order valence-electron chi connectivity index (χ3n) is 8.16. The van der Waals surface area contributed by atoms with Crippen LogP contribution in [0.1, 0.15) is 68.8 Å². The first kappa shape index (κ1) is 45.1. The molecule has 2 aliphatic carbocycles. The van der Waals surface area contributed by atoms with Gasteiger partial charge in [0.25, 0.3) is 0 Å². The molecule has 0 amide bonds. The van der Waals surface area contributed by atoms with Crippen molar-refractivity contribution in [2.45, 2.75) is 62.4 Å². The number of hydrogen-bond acceptors (Lipinski definition) is 16. The topological polar surface area (TPSA) is 327 Å². The van der Waals surface area contributed by atoms with Crippen LogP contribution in [0.4, 0.5) is 0 Å². The zero-order chi connectivity index (χ0) is 36.1. The molecule has 264 valence electrons. The predicted octanol–water partition coefficient (Wildman–Crippen LogP) is -7.96. The number of Topliss-reactive ketones (excluding diaryl/α,β-unsaturated/α-hetero) is 1. The first-order valence-electron chi connectivity index (χ1n) is 14.2. The molecule has 0 saturated carbocycles. The van der Waals surface area contributed by atoms with Crippen molar-refractivity contribution in [2.75, 3.05) is 19.6 Å². The fourth-order valence-corrected chi connectivity index (χ4v) is 7.78. The molecule has 50 heavy (non-hydrogen) atoms. The number of methoxy groups -OCH3 is 1. The van der Waals surface area contributed by atoms with E-state index in [1.54, 1.807) is 6.92 Å². The Balaban J connectivity index is 0.000000698. The van der Waals surface area contributed by atoms with Crippen molar-refractivity contribution in [2.24, 2.45) is 5.73 Å².